The van der Waals surface area contributed by atoms with Crippen LogP contribution in [0.4, 0.5) is 17.5 Å². The molecule has 0 fully saturated rings. The molecule has 0 atom stereocenters. The Bertz CT molecular complexity index is 351. The molecule has 1 aromatic heterocycles. The molecular formula is C6H9N5O2. The van der Waals surface area contributed by atoms with Gasteiger partial charge < -0.3 is 21.9 Å². The standard InChI is InChI=1S/C6H9N5O2/c1-13-5(12)3-2(7)4(8)11-6(9)10-3/h7H2,1H3,(H4,8,9,10,11). The second-order valence-corrected chi connectivity index (χ2v) is 2.22. The molecule has 13 heavy (non-hydrogen) atoms. The Kier molecular flexibility index (Phi) is 2.18. The maximum atomic E-state index is 11.0. The lowest BCUT2D eigenvalue weighted by Crippen LogP contribution is -2.13. The summed E-state index contributed by atoms with van der Waals surface area (Å²) in [4.78, 5) is 18.2. The number of ether oxygens (including phenoxy) is 1. The van der Waals surface area contributed by atoms with E-state index in [0.29, 0.717) is 0 Å². The number of hydrogen-bond donors (Lipinski definition) is 3. The van der Waals surface area contributed by atoms with Gasteiger partial charge in [-0.3, -0.25) is 0 Å². The Morgan fingerprint density at radius 2 is 1.92 bits per heavy atom. The predicted molar refractivity (Wildman–Crippen MR) is 46.6 cm³/mol. The lowest BCUT2D eigenvalue weighted by atomic mass is 10.3. The van der Waals surface area contributed by atoms with Crippen LogP contribution < -0.4 is 17.2 Å². The van der Waals surface area contributed by atoms with Crippen LogP contribution in [0.3, 0.4) is 0 Å². The van der Waals surface area contributed by atoms with E-state index in [9.17, 15) is 4.79 Å². The number of esters is 1. The van der Waals surface area contributed by atoms with Crippen LogP contribution in [0.15, 0.2) is 0 Å². The number of carbonyl (C=O) groups excluding carboxylic acids is 1. The third kappa shape index (κ3) is 1.58. The van der Waals surface area contributed by atoms with Gasteiger partial charge in [-0.2, -0.15) is 4.98 Å². The molecule has 70 valence electrons. The van der Waals surface area contributed by atoms with Crippen LogP contribution in [0.5, 0.6) is 0 Å². The molecule has 0 aliphatic carbocycles. The van der Waals surface area contributed by atoms with Crippen LogP contribution in [-0.4, -0.2) is 23.0 Å². The molecule has 1 aromatic rings. The number of carbonyl (C=O) groups is 1. The number of aromatic nitrogens is 2. The summed E-state index contributed by atoms with van der Waals surface area (Å²) in [5.41, 5.74) is 15.9. The van der Waals surface area contributed by atoms with Gasteiger partial charge in [0.05, 0.1) is 7.11 Å². The van der Waals surface area contributed by atoms with E-state index in [2.05, 4.69) is 14.7 Å². The number of nitrogens with zero attached hydrogens (tertiary/aromatic N) is 2. The Morgan fingerprint density at radius 1 is 1.31 bits per heavy atom. The monoisotopic (exact) mass is 183 g/mol. The molecule has 0 saturated heterocycles. The van der Waals surface area contributed by atoms with E-state index in [0.717, 1.165) is 0 Å². The fourth-order valence-corrected chi connectivity index (χ4v) is 0.757. The molecule has 7 nitrogen and oxygen atoms in total. The van der Waals surface area contributed by atoms with E-state index in [4.69, 9.17) is 17.2 Å². The average Bonchev–Trinajstić information content (AvgIpc) is 2.10. The van der Waals surface area contributed by atoms with E-state index in [-0.39, 0.29) is 23.1 Å². The molecule has 0 unspecified atom stereocenters. The summed E-state index contributed by atoms with van der Waals surface area (Å²) in [5, 5.41) is 0. The molecule has 0 aliphatic rings. The fraction of sp³-hybridized carbons (Fsp3) is 0.167. The Balaban J connectivity index is 3.28. The summed E-state index contributed by atoms with van der Waals surface area (Å²) in [6, 6.07) is 0. The normalized spacial score (nSPS) is 9.62. The molecule has 1 heterocycles. The van der Waals surface area contributed by atoms with Gasteiger partial charge in [0.1, 0.15) is 5.69 Å². The van der Waals surface area contributed by atoms with Crippen LogP contribution >= 0.6 is 0 Å². The number of nitrogen functional groups attached to an aromatic ring is 3. The molecule has 0 amide bonds. The molecule has 0 saturated carbocycles. The number of methoxy groups -OCH3 is 1. The van der Waals surface area contributed by atoms with Gasteiger partial charge in [-0.15, -0.1) is 0 Å². The van der Waals surface area contributed by atoms with Crippen molar-refractivity contribution in [2.75, 3.05) is 24.3 Å². The minimum absolute atomic E-state index is 0.0268. The van der Waals surface area contributed by atoms with Gasteiger partial charge in [0.15, 0.2) is 11.5 Å². The smallest absolute Gasteiger partial charge is 0.359 e. The first-order valence-corrected chi connectivity index (χ1v) is 3.33. The van der Waals surface area contributed by atoms with Crippen LogP contribution in [-0.2, 0) is 4.74 Å². The third-order valence-electron chi connectivity index (χ3n) is 1.37. The summed E-state index contributed by atoms with van der Waals surface area (Å²) < 4.78 is 4.41. The first-order valence-electron chi connectivity index (χ1n) is 3.33. The van der Waals surface area contributed by atoms with Crippen molar-refractivity contribution < 1.29 is 9.53 Å². The van der Waals surface area contributed by atoms with E-state index >= 15 is 0 Å². The number of anilines is 3. The van der Waals surface area contributed by atoms with Crippen molar-refractivity contribution in [2.45, 2.75) is 0 Å². The second-order valence-electron chi connectivity index (χ2n) is 2.22. The van der Waals surface area contributed by atoms with E-state index in [1.165, 1.54) is 7.11 Å². The molecule has 0 aromatic carbocycles. The molecule has 0 spiro atoms. The van der Waals surface area contributed by atoms with Gasteiger partial charge >= 0.3 is 5.97 Å². The van der Waals surface area contributed by atoms with Crippen LogP contribution in [0.2, 0.25) is 0 Å². The van der Waals surface area contributed by atoms with E-state index < -0.39 is 5.97 Å². The van der Waals surface area contributed by atoms with Gasteiger partial charge in [0, 0.05) is 0 Å². The molecule has 7 heteroatoms. The topological polar surface area (TPSA) is 130 Å². The first-order chi connectivity index (χ1) is 6.06. The molecule has 0 aliphatic heterocycles. The maximum Gasteiger partial charge on any atom is 0.359 e. The third-order valence-corrected chi connectivity index (χ3v) is 1.37. The van der Waals surface area contributed by atoms with Gasteiger partial charge in [0.2, 0.25) is 5.95 Å². The lowest BCUT2D eigenvalue weighted by Gasteiger charge is -2.04. The van der Waals surface area contributed by atoms with Crippen molar-refractivity contribution in [3.05, 3.63) is 5.69 Å². The minimum Gasteiger partial charge on any atom is -0.464 e. The van der Waals surface area contributed by atoms with Crippen LogP contribution in [0.1, 0.15) is 10.5 Å². The highest BCUT2D eigenvalue weighted by Gasteiger charge is 2.15. The van der Waals surface area contributed by atoms with Crippen molar-refractivity contribution in [2.24, 2.45) is 0 Å². The second kappa shape index (κ2) is 3.13. The molecule has 0 bridgehead atoms. The van der Waals surface area contributed by atoms with Crippen molar-refractivity contribution in [3.63, 3.8) is 0 Å². The highest BCUT2D eigenvalue weighted by Crippen LogP contribution is 2.17. The molecule has 0 radical (unpaired) electrons. The van der Waals surface area contributed by atoms with Crippen LogP contribution in [0, 0.1) is 0 Å². The van der Waals surface area contributed by atoms with Crippen molar-refractivity contribution >= 4 is 23.4 Å². The maximum absolute atomic E-state index is 11.0. The van der Waals surface area contributed by atoms with Gasteiger partial charge in [-0.1, -0.05) is 0 Å². The highest BCUT2D eigenvalue weighted by molar-refractivity contribution is 5.95. The summed E-state index contributed by atoms with van der Waals surface area (Å²) in [7, 11) is 1.20. The summed E-state index contributed by atoms with van der Waals surface area (Å²) in [6.45, 7) is 0. The van der Waals surface area contributed by atoms with Crippen molar-refractivity contribution in [1.29, 1.82) is 0 Å². The van der Waals surface area contributed by atoms with Gasteiger partial charge in [-0.05, 0) is 0 Å². The van der Waals surface area contributed by atoms with Gasteiger partial charge in [-0.25, -0.2) is 9.78 Å². The first kappa shape index (κ1) is 9.04. The molecular weight excluding hydrogens is 174 g/mol. The molecule has 1 rings (SSSR count). The fourth-order valence-electron chi connectivity index (χ4n) is 0.757. The zero-order valence-corrected chi connectivity index (χ0v) is 6.94. The van der Waals surface area contributed by atoms with E-state index in [1.54, 1.807) is 0 Å². The lowest BCUT2D eigenvalue weighted by molar-refractivity contribution is 0.0595. The van der Waals surface area contributed by atoms with E-state index in [1.807, 2.05) is 0 Å². The summed E-state index contributed by atoms with van der Waals surface area (Å²) >= 11 is 0. The minimum atomic E-state index is -0.696. The number of rotatable bonds is 1. The number of nitrogens with two attached hydrogens (primary N) is 3. The quantitative estimate of drug-likeness (QED) is 0.476. The van der Waals surface area contributed by atoms with Crippen LogP contribution in [0.25, 0.3) is 0 Å². The highest BCUT2D eigenvalue weighted by atomic mass is 16.5. The Hall–Kier alpha value is -2.05. The zero-order chi connectivity index (χ0) is 10.0. The van der Waals surface area contributed by atoms with Crippen molar-refractivity contribution in [1.82, 2.24) is 9.97 Å². The number of hydrogen-bond acceptors (Lipinski definition) is 7. The SMILES string of the molecule is COC(=O)c1nc(N)nc(N)c1N. The summed E-state index contributed by atoms with van der Waals surface area (Å²) in [6.07, 6.45) is 0. The Labute approximate surface area is 73.9 Å². The average molecular weight is 183 g/mol. The largest absolute Gasteiger partial charge is 0.464 e. The molecule has 6 N–H and O–H groups in total. The zero-order valence-electron chi connectivity index (χ0n) is 6.94. The predicted octanol–water partition coefficient (Wildman–Crippen LogP) is -0.990. The van der Waals surface area contributed by atoms with Crippen molar-refractivity contribution in [3.8, 4) is 0 Å². The Morgan fingerprint density at radius 3 is 2.46 bits per heavy atom. The summed E-state index contributed by atoms with van der Waals surface area (Å²) in [5.74, 6) is -0.849. The van der Waals surface area contributed by atoms with Gasteiger partial charge in [0.25, 0.3) is 0 Å².